The molecule has 7 heteroatoms. The van der Waals surface area contributed by atoms with Crippen LogP contribution in [0.4, 0.5) is 10.8 Å². The molecule has 0 aliphatic heterocycles. The summed E-state index contributed by atoms with van der Waals surface area (Å²) in [7, 11) is 0. The van der Waals surface area contributed by atoms with Gasteiger partial charge in [-0.3, -0.25) is 4.79 Å². The number of nitrogens with zero attached hydrogens (tertiary/aromatic N) is 2. The summed E-state index contributed by atoms with van der Waals surface area (Å²) in [5.74, 6) is 0.322. The standard InChI is InChI=1S/C22H26N4OS2/c1-14(2)13-19(27)29-21(23)25-17-9-7-16(8-10-17)11-12-24-22-26-20-15(3)5-4-6-18(20)28-22/h4-10,14H,11-13H2,1-3H3,(H2,23,25)(H,24,26). The number of amidine groups is 1. The summed E-state index contributed by atoms with van der Waals surface area (Å²) in [6.07, 6.45) is 1.39. The van der Waals surface area contributed by atoms with Crippen molar-refractivity contribution in [3.63, 3.8) is 0 Å². The molecule has 0 amide bonds. The number of aryl methyl sites for hydroxylation is 1. The molecule has 1 heterocycles. The average Bonchev–Trinajstić information content (AvgIpc) is 3.07. The molecule has 3 N–H and O–H groups in total. The molecule has 0 atom stereocenters. The predicted octanol–water partition coefficient (Wildman–Crippen LogP) is 5.51. The van der Waals surface area contributed by atoms with Gasteiger partial charge >= 0.3 is 0 Å². The smallest absolute Gasteiger partial charge is 0.196 e. The van der Waals surface area contributed by atoms with Gasteiger partial charge in [-0.1, -0.05) is 49.4 Å². The van der Waals surface area contributed by atoms with Crippen LogP contribution in [0, 0.1) is 12.8 Å². The Hall–Kier alpha value is -2.38. The average molecular weight is 427 g/mol. The van der Waals surface area contributed by atoms with Crippen molar-refractivity contribution in [2.75, 3.05) is 11.9 Å². The molecule has 152 valence electrons. The van der Waals surface area contributed by atoms with Crippen LogP contribution < -0.4 is 11.1 Å². The quantitative estimate of drug-likeness (QED) is 0.384. The summed E-state index contributed by atoms with van der Waals surface area (Å²) in [6, 6.07) is 14.2. The largest absolute Gasteiger partial charge is 0.378 e. The van der Waals surface area contributed by atoms with Crippen LogP contribution in [0.2, 0.25) is 0 Å². The third-order valence-electron chi connectivity index (χ3n) is 4.28. The molecular formula is C22H26N4OS2. The van der Waals surface area contributed by atoms with E-state index in [0.29, 0.717) is 12.3 Å². The lowest BCUT2D eigenvalue weighted by Crippen LogP contribution is -2.11. The highest BCUT2D eigenvalue weighted by Gasteiger charge is 2.09. The molecule has 29 heavy (non-hydrogen) atoms. The van der Waals surface area contributed by atoms with Crippen molar-refractivity contribution >= 4 is 54.4 Å². The maximum atomic E-state index is 11.8. The zero-order valence-electron chi connectivity index (χ0n) is 16.9. The maximum Gasteiger partial charge on any atom is 0.196 e. The number of thiazole rings is 1. The van der Waals surface area contributed by atoms with E-state index in [1.54, 1.807) is 11.3 Å². The Morgan fingerprint density at radius 2 is 2.00 bits per heavy atom. The van der Waals surface area contributed by atoms with E-state index in [4.69, 9.17) is 5.73 Å². The zero-order valence-corrected chi connectivity index (χ0v) is 18.6. The Kier molecular flexibility index (Phi) is 7.28. The topological polar surface area (TPSA) is 80.4 Å². The van der Waals surface area contributed by atoms with Gasteiger partial charge in [-0.2, -0.15) is 0 Å². The van der Waals surface area contributed by atoms with E-state index in [9.17, 15) is 4.79 Å². The van der Waals surface area contributed by atoms with E-state index in [0.717, 1.165) is 41.1 Å². The molecule has 2 aromatic carbocycles. The van der Waals surface area contributed by atoms with Crippen LogP contribution in [0.5, 0.6) is 0 Å². The Labute approximate surface area is 179 Å². The van der Waals surface area contributed by atoms with Crippen molar-refractivity contribution in [2.24, 2.45) is 16.6 Å². The third kappa shape index (κ3) is 6.30. The first kappa shape index (κ1) is 21.3. The summed E-state index contributed by atoms with van der Waals surface area (Å²) >= 11 is 2.69. The fraction of sp³-hybridized carbons (Fsp3) is 0.318. The number of rotatable bonds is 7. The highest BCUT2D eigenvalue weighted by molar-refractivity contribution is 8.26. The van der Waals surface area contributed by atoms with Gasteiger partial charge in [0.15, 0.2) is 15.4 Å². The minimum Gasteiger partial charge on any atom is -0.378 e. The van der Waals surface area contributed by atoms with Crippen molar-refractivity contribution in [3.05, 3.63) is 53.6 Å². The second-order valence-electron chi connectivity index (χ2n) is 7.31. The second kappa shape index (κ2) is 9.89. The van der Waals surface area contributed by atoms with Crippen molar-refractivity contribution in [3.8, 4) is 0 Å². The van der Waals surface area contributed by atoms with Crippen molar-refractivity contribution in [1.82, 2.24) is 4.98 Å². The molecule has 0 aliphatic carbocycles. The molecular weight excluding hydrogens is 400 g/mol. The number of fused-ring (bicyclic) bond motifs is 1. The van der Waals surface area contributed by atoms with E-state index in [-0.39, 0.29) is 10.3 Å². The lowest BCUT2D eigenvalue weighted by molar-refractivity contribution is -0.111. The van der Waals surface area contributed by atoms with Crippen LogP contribution in [-0.2, 0) is 11.2 Å². The minimum atomic E-state index is 0.0500. The minimum absolute atomic E-state index is 0.0500. The number of nitrogens with two attached hydrogens (primary N) is 1. The SMILES string of the molecule is Cc1cccc2sc(NCCc3ccc(N=C(N)SC(=O)CC(C)C)cc3)nc12. The van der Waals surface area contributed by atoms with Gasteiger partial charge in [0.05, 0.1) is 15.9 Å². The summed E-state index contributed by atoms with van der Waals surface area (Å²) in [5.41, 5.74) is 10.1. The molecule has 0 bridgehead atoms. The Balaban J connectivity index is 1.51. The molecule has 0 saturated carbocycles. The lowest BCUT2D eigenvalue weighted by atomic mass is 10.1. The molecule has 0 aliphatic rings. The Bertz CT molecular complexity index is 1010. The van der Waals surface area contributed by atoms with Crippen LogP contribution >= 0.6 is 23.1 Å². The van der Waals surface area contributed by atoms with Crippen LogP contribution in [0.3, 0.4) is 0 Å². The molecule has 0 spiro atoms. The summed E-state index contributed by atoms with van der Waals surface area (Å²) in [6.45, 7) is 6.92. The molecule has 3 aromatic rings. The summed E-state index contributed by atoms with van der Waals surface area (Å²) < 4.78 is 1.21. The van der Waals surface area contributed by atoms with E-state index in [1.165, 1.54) is 15.8 Å². The number of carbonyl (C=O) groups excluding carboxylic acids is 1. The first-order chi connectivity index (χ1) is 13.9. The molecule has 0 unspecified atom stereocenters. The lowest BCUT2D eigenvalue weighted by Gasteiger charge is -2.05. The number of carbonyl (C=O) groups is 1. The fourth-order valence-electron chi connectivity index (χ4n) is 2.85. The number of nitrogens with one attached hydrogen (secondary N) is 1. The number of hydrogen-bond donors (Lipinski definition) is 2. The van der Waals surface area contributed by atoms with E-state index in [2.05, 4.69) is 40.4 Å². The van der Waals surface area contributed by atoms with Gasteiger partial charge in [-0.05, 0) is 60.4 Å². The Morgan fingerprint density at radius 1 is 1.24 bits per heavy atom. The van der Waals surface area contributed by atoms with E-state index >= 15 is 0 Å². The van der Waals surface area contributed by atoms with Crippen molar-refractivity contribution < 1.29 is 4.79 Å². The van der Waals surface area contributed by atoms with Crippen LogP contribution in [0.15, 0.2) is 47.5 Å². The summed E-state index contributed by atoms with van der Waals surface area (Å²) in [4.78, 5) is 20.8. The third-order valence-corrected chi connectivity index (χ3v) is 5.95. The van der Waals surface area contributed by atoms with Crippen LogP contribution in [0.1, 0.15) is 31.4 Å². The number of thioether (sulfide) groups is 1. The van der Waals surface area contributed by atoms with Gasteiger partial charge in [0.2, 0.25) is 0 Å². The molecule has 3 rings (SSSR count). The predicted molar refractivity (Wildman–Crippen MR) is 126 cm³/mol. The first-order valence-corrected chi connectivity index (χ1v) is 11.3. The normalized spacial score (nSPS) is 11.9. The number of benzene rings is 2. The van der Waals surface area contributed by atoms with Gasteiger partial charge in [-0.25, -0.2) is 9.98 Å². The van der Waals surface area contributed by atoms with Gasteiger partial charge < -0.3 is 11.1 Å². The fourth-order valence-corrected chi connectivity index (χ4v) is 4.62. The van der Waals surface area contributed by atoms with Crippen molar-refractivity contribution in [2.45, 2.75) is 33.6 Å². The molecule has 0 radical (unpaired) electrons. The number of aliphatic imine (C=N–C) groups is 1. The van der Waals surface area contributed by atoms with Crippen molar-refractivity contribution in [1.29, 1.82) is 0 Å². The molecule has 5 nitrogen and oxygen atoms in total. The number of hydrogen-bond acceptors (Lipinski definition) is 6. The second-order valence-corrected chi connectivity index (χ2v) is 9.41. The van der Waals surface area contributed by atoms with Gasteiger partial charge in [-0.15, -0.1) is 0 Å². The molecule has 0 fully saturated rings. The van der Waals surface area contributed by atoms with Crippen LogP contribution in [-0.4, -0.2) is 21.8 Å². The Morgan fingerprint density at radius 3 is 2.69 bits per heavy atom. The zero-order chi connectivity index (χ0) is 20.8. The number of aromatic nitrogens is 1. The number of anilines is 1. The molecule has 0 saturated heterocycles. The molecule has 1 aromatic heterocycles. The maximum absolute atomic E-state index is 11.8. The summed E-state index contributed by atoms with van der Waals surface area (Å²) in [5, 5.41) is 4.70. The van der Waals surface area contributed by atoms with Crippen LogP contribution in [0.25, 0.3) is 10.2 Å². The van der Waals surface area contributed by atoms with Gasteiger partial charge in [0.25, 0.3) is 0 Å². The first-order valence-electron chi connectivity index (χ1n) is 9.64. The van der Waals surface area contributed by atoms with Gasteiger partial charge in [0, 0.05) is 13.0 Å². The monoisotopic (exact) mass is 426 g/mol. The van der Waals surface area contributed by atoms with E-state index in [1.807, 2.05) is 38.1 Å². The highest BCUT2D eigenvalue weighted by atomic mass is 32.2. The highest BCUT2D eigenvalue weighted by Crippen LogP contribution is 2.27. The van der Waals surface area contributed by atoms with Gasteiger partial charge in [0.1, 0.15) is 0 Å². The van der Waals surface area contributed by atoms with E-state index < -0.39 is 0 Å². The number of para-hydroxylation sites is 1.